The molecule has 3 aromatic carbocycles. The van der Waals surface area contributed by atoms with Crippen LogP contribution in [-0.2, 0) is 0 Å². The number of benzene rings is 3. The number of hydrogen-bond donors (Lipinski definition) is 2. The fraction of sp³-hybridized carbons (Fsp3) is 0. The molecular formula is C20H11Br2N3O5. The highest BCUT2D eigenvalue weighted by molar-refractivity contribution is 9.10. The van der Waals surface area contributed by atoms with Crippen molar-refractivity contribution in [3.8, 4) is 23.0 Å². The maximum absolute atomic E-state index is 11.1. The van der Waals surface area contributed by atoms with E-state index >= 15 is 0 Å². The molecule has 0 aliphatic rings. The number of hydrogen-bond acceptors (Lipinski definition) is 7. The second-order valence-electron chi connectivity index (χ2n) is 6.22. The lowest BCUT2D eigenvalue weighted by atomic mass is 10.2. The average Bonchev–Trinajstić information content (AvgIpc) is 3.13. The van der Waals surface area contributed by atoms with Crippen molar-refractivity contribution in [2.75, 3.05) is 0 Å². The number of nitrogens with zero attached hydrogens (tertiary/aromatic N) is 3. The van der Waals surface area contributed by atoms with E-state index in [0.717, 1.165) is 0 Å². The standard InChI is InChI=1S/C20H11Br2N3O5/c21-12-5-11(19(27)16(7-12)25(28)29)9-23-13-2-4-18-15(8-13)24-20(30-18)10-1-3-17(26)14(22)6-10/h1-9,26-27H. The van der Waals surface area contributed by atoms with E-state index in [9.17, 15) is 20.3 Å². The Labute approximate surface area is 185 Å². The quantitative estimate of drug-likeness (QED) is 0.186. The number of phenolic OH excluding ortho intramolecular Hbond substituents is 2. The molecule has 4 aromatic rings. The molecule has 0 saturated carbocycles. The minimum atomic E-state index is -0.665. The van der Waals surface area contributed by atoms with E-state index in [-0.39, 0.29) is 11.3 Å². The van der Waals surface area contributed by atoms with Crippen molar-refractivity contribution in [2.24, 2.45) is 4.99 Å². The van der Waals surface area contributed by atoms with Gasteiger partial charge in [0.2, 0.25) is 11.6 Å². The summed E-state index contributed by atoms with van der Waals surface area (Å²) in [4.78, 5) is 19.1. The third-order valence-electron chi connectivity index (χ3n) is 4.20. The van der Waals surface area contributed by atoms with Crippen LogP contribution in [0.15, 0.2) is 66.9 Å². The molecule has 0 aliphatic heterocycles. The van der Waals surface area contributed by atoms with Gasteiger partial charge in [0.05, 0.1) is 15.1 Å². The van der Waals surface area contributed by atoms with Crippen molar-refractivity contribution >= 4 is 60.5 Å². The fourth-order valence-corrected chi connectivity index (χ4v) is 3.59. The summed E-state index contributed by atoms with van der Waals surface area (Å²) in [5.74, 6) is 0.0317. The Morgan fingerprint density at radius 1 is 1.10 bits per heavy atom. The van der Waals surface area contributed by atoms with Crippen molar-refractivity contribution in [3.05, 3.63) is 73.2 Å². The summed E-state index contributed by atoms with van der Waals surface area (Å²) in [6.07, 6.45) is 1.34. The summed E-state index contributed by atoms with van der Waals surface area (Å²) in [7, 11) is 0. The summed E-state index contributed by atoms with van der Waals surface area (Å²) in [6.45, 7) is 0. The number of phenols is 2. The zero-order chi connectivity index (χ0) is 21.4. The molecule has 0 saturated heterocycles. The lowest BCUT2D eigenvalue weighted by molar-refractivity contribution is -0.385. The molecule has 0 aliphatic carbocycles. The number of nitro benzene ring substituents is 1. The first-order valence-corrected chi connectivity index (χ1v) is 10.0. The van der Waals surface area contributed by atoms with Gasteiger partial charge in [-0.05, 0) is 58.4 Å². The molecule has 0 unspecified atom stereocenters. The molecule has 8 nitrogen and oxygen atoms in total. The molecule has 0 atom stereocenters. The third-order valence-corrected chi connectivity index (χ3v) is 5.29. The Bertz CT molecular complexity index is 1330. The molecular weight excluding hydrogens is 522 g/mol. The average molecular weight is 533 g/mol. The number of rotatable bonds is 4. The molecule has 0 amide bonds. The summed E-state index contributed by atoms with van der Waals surface area (Å²) in [5, 5.41) is 30.8. The fourth-order valence-electron chi connectivity index (χ4n) is 2.75. The number of aromatic nitrogens is 1. The molecule has 0 spiro atoms. The van der Waals surface area contributed by atoms with E-state index in [1.165, 1.54) is 24.4 Å². The predicted octanol–water partition coefficient (Wildman–Crippen LogP) is 6.09. The molecule has 150 valence electrons. The largest absolute Gasteiger partial charge is 0.507 e. The van der Waals surface area contributed by atoms with Gasteiger partial charge in [0, 0.05) is 27.9 Å². The molecule has 1 aromatic heterocycles. The van der Waals surface area contributed by atoms with Gasteiger partial charge in [0.1, 0.15) is 11.3 Å². The van der Waals surface area contributed by atoms with Gasteiger partial charge < -0.3 is 14.6 Å². The third kappa shape index (κ3) is 3.91. The maximum atomic E-state index is 11.1. The molecule has 1 heterocycles. The Morgan fingerprint density at radius 2 is 1.90 bits per heavy atom. The first kappa shape index (κ1) is 20.0. The Morgan fingerprint density at radius 3 is 2.63 bits per heavy atom. The molecule has 0 fully saturated rings. The molecule has 4 rings (SSSR count). The zero-order valence-corrected chi connectivity index (χ0v) is 18.1. The van der Waals surface area contributed by atoms with Crippen LogP contribution in [0, 0.1) is 10.1 Å². The first-order chi connectivity index (χ1) is 14.3. The Hall–Kier alpha value is -3.24. The Kier molecular flexibility index (Phi) is 5.27. The molecule has 10 heteroatoms. The molecule has 0 bridgehead atoms. The second kappa shape index (κ2) is 7.88. The lowest BCUT2D eigenvalue weighted by Gasteiger charge is -2.01. The van der Waals surface area contributed by atoms with Crippen molar-refractivity contribution in [1.82, 2.24) is 4.98 Å². The van der Waals surface area contributed by atoms with Crippen LogP contribution in [0.2, 0.25) is 0 Å². The highest BCUT2D eigenvalue weighted by Gasteiger charge is 2.17. The molecule has 30 heavy (non-hydrogen) atoms. The van der Waals surface area contributed by atoms with Crippen LogP contribution in [0.5, 0.6) is 11.5 Å². The van der Waals surface area contributed by atoms with Gasteiger partial charge in [-0.15, -0.1) is 0 Å². The number of aromatic hydroxyl groups is 2. The van der Waals surface area contributed by atoms with Crippen LogP contribution in [0.1, 0.15) is 5.56 Å². The van der Waals surface area contributed by atoms with Crippen LogP contribution in [0.3, 0.4) is 0 Å². The lowest BCUT2D eigenvalue weighted by Crippen LogP contribution is -1.92. The van der Waals surface area contributed by atoms with Crippen LogP contribution in [0.4, 0.5) is 11.4 Å². The normalized spacial score (nSPS) is 11.4. The first-order valence-electron chi connectivity index (χ1n) is 8.42. The van der Waals surface area contributed by atoms with E-state index in [1.54, 1.807) is 30.3 Å². The van der Waals surface area contributed by atoms with Crippen LogP contribution < -0.4 is 0 Å². The van der Waals surface area contributed by atoms with Crippen molar-refractivity contribution in [3.63, 3.8) is 0 Å². The van der Waals surface area contributed by atoms with Crippen molar-refractivity contribution in [1.29, 1.82) is 0 Å². The van der Waals surface area contributed by atoms with Gasteiger partial charge in [-0.1, -0.05) is 15.9 Å². The van der Waals surface area contributed by atoms with E-state index in [2.05, 4.69) is 41.8 Å². The smallest absolute Gasteiger partial charge is 0.312 e. The highest BCUT2D eigenvalue weighted by atomic mass is 79.9. The predicted molar refractivity (Wildman–Crippen MR) is 119 cm³/mol. The van der Waals surface area contributed by atoms with Gasteiger partial charge in [-0.25, -0.2) is 4.98 Å². The van der Waals surface area contributed by atoms with Crippen LogP contribution in [-0.4, -0.2) is 26.3 Å². The number of fused-ring (bicyclic) bond motifs is 1. The van der Waals surface area contributed by atoms with Crippen LogP contribution in [0.25, 0.3) is 22.6 Å². The topological polar surface area (TPSA) is 122 Å². The Balaban J connectivity index is 1.68. The summed E-state index contributed by atoms with van der Waals surface area (Å²) >= 11 is 6.45. The monoisotopic (exact) mass is 531 g/mol. The molecule has 2 N–H and O–H groups in total. The SMILES string of the molecule is O=[N+]([O-])c1cc(Br)cc(C=Nc2ccc3oc(-c4ccc(O)c(Br)c4)nc3c2)c1O. The van der Waals surface area contributed by atoms with Gasteiger partial charge in [0.15, 0.2) is 5.58 Å². The minimum Gasteiger partial charge on any atom is -0.507 e. The second-order valence-corrected chi connectivity index (χ2v) is 7.99. The minimum absolute atomic E-state index is 0.113. The van der Waals surface area contributed by atoms with E-state index in [0.29, 0.717) is 37.2 Å². The van der Waals surface area contributed by atoms with Crippen molar-refractivity contribution < 1.29 is 19.6 Å². The van der Waals surface area contributed by atoms with E-state index in [4.69, 9.17) is 4.42 Å². The highest BCUT2D eigenvalue weighted by Crippen LogP contribution is 2.34. The van der Waals surface area contributed by atoms with Crippen molar-refractivity contribution in [2.45, 2.75) is 0 Å². The summed E-state index contributed by atoms with van der Waals surface area (Å²) in [5.41, 5.74) is 2.11. The van der Waals surface area contributed by atoms with Crippen LogP contribution >= 0.6 is 31.9 Å². The number of halogens is 2. The summed E-state index contributed by atoms with van der Waals surface area (Å²) in [6, 6.07) is 12.8. The maximum Gasteiger partial charge on any atom is 0.312 e. The number of nitro groups is 1. The zero-order valence-electron chi connectivity index (χ0n) is 14.9. The van der Waals surface area contributed by atoms with E-state index in [1.807, 2.05) is 0 Å². The number of aliphatic imine (C=N–C) groups is 1. The molecule has 0 radical (unpaired) electrons. The summed E-state index contributed by atoms with van der Waals surface area (Å²) < 4.78 is 6.73. The van der Waals surface area contributed by atoms with Gasteiger partial charge in [-0.3, -0.25) is 15.1 Å². The van der Waals surface area contributed by atoms with E-state index < -0.39 is 16.4 Å². The van der Waals surface area contributed by atoms with Gasteiger partial charge >= 0.3 is 5.69 Å². The van der Waals surface area contributed by atoms with Gasteiger partial charge in [0.25, 0.3) is 0 Å². The number of oxazole rings is 1. The van der Waals surface area contributed by atoms with Gasteiger partial charge in [-0.2, -0.15) is 0 Å².